The van der Waals surface area contributed by atoms with Crippen molar-refractivity contribution < 1.29 is 13.2 Å². The molecular weight excluding hydrogens is 398 g/mol. The average molecular weight is 426 g/mol. The summed E-state index contributed by atoms with van der Waals surface area (Å²) in [5.74, 6) is -0.0937. The monoisotopic (exact) mass is 425 g/mol. The minimum absolute atomic E-state index is 0.0316. The van der Waals surface area contributed by atoms with Crippen molar-refractivity contribution in [3.63, 3.8) is 0 Å². The van der Waals surface area contributed by atoms with E-state index in [9.17, 15) is 13.2 Å². The number of nitrogens with one attached hydrogen (secondary N) is 1. The van der Waals surface area contributed by atoms with Crippen LogP contribution in [0.5, 0.6) is 0 Å². The number of hydrogen-bond acceptors (Lipinski definition) is 3. The number of amides is 1. The maximum absolute atomic E-state index is 12.7. The highest BCUT2D eigenvalue weighted by atomic mass is 32.2. The third-order valence-electron chi connectivity index (χ3n) is 5.76. The minimum atomic E-state index is -3.48. The molecule has 0 bridgehead atoms. The lowest BCUT2D eigenvalue weighted by molar-refractivity contribution is -0.126. The van der Waals surface area contributed by atoms with Gasteiger partial charge in [-0.15, -0.1) is 0 Å². The molecule has 0 radical (unpaired) electrons. The number of fused-ring (bicyclic) bond motifs is 1. The van der Waals surface area contributed by atoms with Crippen molar-refractivity contribution in [1.29, 1.82) is 0 Å². The van der Waals surface area contributed by atoms with Gasteiger partial charge in [0, 0.05) is 43.8 Å². The fourth-order valence-electron chi connectivity index (χ4n) is 4.04. The zero-order valence-corrected chi connectivity index (χ0v) is 17.7. The van der Waals surface area contributed by atoms with Crippen LogP contribution < -0.4 is 5.32 Å². The molecule has 3 aromatic rings. The lowest BCUT2D eigenvalue weighted by Gasteiger charge is -2.30. The number of piperidine rings is 1. The fourth-order valence-corrected chi connectivity index (χ4v) is 5.53. The Balaban J connectivity index is 1.23. The number of para-hydroxylation sites is 1. The van der Waals surface area contributed by atoms with Gasteiger partial charge in [-0.3, -0.25) is 4.79 Å². The predicted molar refractivity (Wildman–Crippen MR) is 117 cm³/mol. The summed E-state index contributed by atoms with van der Waals surface area (Å²) >= 11 is 0. The number of carbonyl (C=O) groups is 1. The minimum Gasteiger partial charge on any atom is -0.356 e. The van der Waals surface area contributed by atoms with Gasteiger partial charge in [-0.25, -0.2) is 8.42 Å². The number of rotatable bonds is 7. The molecular formula is C23H27N3O3S. The Morgan fingerprint density at radius 2 is 1.67 bits per heavy atom. The SMILES string of the molecule is O=C(NCCCn1ccc2ccccc21)C1CCN(S(=O)(=O)c2ccccc2)CC1. The Hall–Kier alpha value is -2.64. The molecule has 0 aliphatic carbocycles. The summed E-state index contributed by atoms with van der Waals surface area (Å²) < 4.78 is 29.1. The lowest BCUT2D eigenvalue weighted by Crippen LogP contribution is -2.43. The molecule has 1 aliphatic rings. The Morgan fingerprint density at radius 3 is 2.43 bits per heavy atom. The van der Waals surface area contributed by atoms with Crippen molar-refractivity contribution in [2.45, 2.75) is 30.7 Å². The first-order valence-electron chi connectivity index (χ1n) is 10.4. The average Bonchev–Trinajstić information content (AvgIpc) is 3.20. The van der Waals surface area contributed by atoms with Crippen LogP contribution in [0.2, 0.25) is 0 Å². The molecule has 0 saturated carbocycles. The zero-order chi connectivity index (χ0) is 21.0. The van der Waals surface area contributed by atoms with Crippen molar-refractivity contribution in [3.8, 4) is 0 Å². The molecule has 158 valence electrons. The normalized spacial score (nSPS) is 16.0. The van der Waals surface area contributed by atoms with Gasteiger partial charge in [-0.1, -0.05) is 36.4 Å². The summed E-state index contributed by atoms with van der Waals surface area (Å²) in [5, 5.41) is 4.25. The number of benzene rings is 2. The molecule has 2 heterocycles. The van der Waals surface area contributed by atoms with Gasteiger partial charge < -0.3 is 9.88 Å². The summed E-state index contributed by atoms with van der Waals surface area (Å²) in [7, 11) is -3.48. The first-order valence-corrected chi connectivity index (χ1v) is 11.9. The van der Waals surface area contributed by atoms with E-state index in [1.807, 2.05) is 12.1 Å². The summed E-state index contributed by atoms with van der Waals surface area (Å²) in [6.45, 7) is 2.23. The largest absolute Gasteiger partial charge is 0.356 e. The van der Waals surface area contributed by atoms with E-state index in [0.717, 1.165) is 13.0 Å². The smallest absolute Gasteiger partial charge is 0.243 e. The Morgan fingerprint density at radius 1 is 0.967 bits per heavy atom. The van der Waals surface area contributed by atoms with Gasteiger partial charge in [0.1, 0.15) is 0 Å². The predicted octanol–water partition coefficient (Wildman–Crippen LogP) is 3.25. The highest BCUT2D eigenvalue weighted by Crippen LogP contribution is 2.24. The van der Waals surface area contributed by atoms with Gasteiger partial charge in [0.2, 0.25) is 15.9 Å². The summed E-state index contributed by atoms with van der Waals surface area (Å²) in [6, 6.07) is 18.8. The molecule has 1 fully saturated rings. The van der Waals surface area contributed by atoms with Crippen molar-refractivity contribution in [1.82, 2.24) is 14.2 Å². The van der Waals surface area contributed by atoms with Crippen LogP contribution in [0.3, 0.4) is 0 Å². The first-order chi connectivity index (χ1) is 14.6. The number of hydrogen-bond donors (Lipinski definition) is 1. The van der Waals surface area contributed by atoms with Crippen LogP contribution in [-0.4, -0.2) is 42.8 Å². The molecule has 6 nitrogen and oxygen atoms in total. The van der Waals surface area contributed by atoms with E-state index in [1.54, 1.807) is 30.3 Å². The van der Waals surface area contributed by atoms with E-state index in [1.165, 1.54) is 15.2 Å². The maximum Gasteiger partial charge on any atom is 0.243 e. The maximum atomic E-state index is 12.7. The second-order valence-electron chi connectivity index (χ2n) is 7.70. The fraction of sp³-hybridized carbons (Fsp3) is 0.348. The Bertz CT molecular complexity index is 1100. The lowest BCUT2D eigenvalue weighted by atomic mass is 9.97. The molecule has 1 amide bonds. The van der Waals surface area contributed by atoms with Crippen LogP contribution in [0.4, 0.5) is 0 Å². The van der Waals surface area contributed by atoms with Crippen molar-refractivity contribution >= 4 is 26.8 Å². The topological polar surface area (TPSA) is 71.4 Å². The van der Waals surface area contributed by atoms with Gasteiger partial charge in [0.05, 0.1) is 4.90 Å². The Labute approximate surface area is 177 Å². The molecule has 1 aromatic heterocycles. The summed E-state index contributed by atoms with van der Waals surface area (Å²) in [6.07, 6.45) is 4.04. The molecule has 0 atom stereocenters. The molecule has 4 rings (SSSR count). The highest BCUT2D eigenvalue weighted by Gasteiger charge is 2.31. The van der Waals surface area contributed by atoms with E-state index in [2.05, 4.69) is 34.3 Å². The molecule has 1 N–H and O–H groups in total. The van der Waals surface area contributed by atoms with E-state index < -0.39 is 10.0 Å². The standard InChI is InChI=1S/C23H27N3O3S/c27-23(24-14-6-15-25-16-11-19-7-4-5-10-22(19)25)20-12-17-26(18-13-20)30(28,29)21-8-2-1-3-9-21/h1-5,7-11,16,20H,6,12-15,17-18H2,(H,24,27). The van der Waals surface area contributed by atoms with Crippen LogP contribution in [0.1, 0.15) is 19.3 Å². The van der Waals surface area contributed by atoms with Crippen molar-refractivity contribution in [3.05, 3.63) is 66.9 Å². The third-order valence-corrected chi connectivity index (χ3v) is 7.67. The van der Waals surface area contributed by atoms with Crippen LogP contribution in [0.15, 0.2) is 71.8 Å². The van der Waals surface area contributed by atoms with E-state index >= 15 is 0 Å². The number of carbonyl (C=O) groups excluding carboxylic acids is 1. The number of aromatic nitrogens is 1. The van der Waals surface area contributed by atoms with E-state index in [4.69, 9.17) is 0 Å². The van der Waals surface area contributed by atoms with Gasteiger partial charge in [0.15, 0.2) is 0 Å². The molecule has 0 spiro atoms. The quantitative estimate of drug-likeness (QED) is 0.591. The van der Waals surface area contributed by atoms with Crippen LogP contribution in [0, 0.1) is 5.92 Å². The van der Waals surface area contributed by atoms with Crippen molar-refractivity contribution in [2.75, 3.05) is 19.6 Å². The zero-order valence-electron chi connectivity index (χ0n) is 16.9. The molecule has 2 aromatic carbocycles. The van der Waals surface area contributed by atoms with Crippen molar-refractivity contribution in [2.24, 2.45) is 5.92 Å². The molecule has 0 unspecified atom stereocenters. The van der Waals surface area contributed by atoms with Gasteiger partial charge >= 0.3 is 0 Å². The van der Waals surface area contributed by atoms with E-state index in [-0.39, 0.29) is 11.8 Å². The number of nitrogens with zero attached hydrogens (tertiary/aromatic N) is 2. The second kappa shape index (κ2) is 9.02. The van der Waals surface area contributed by atoms with Crippen LogP contribution in [0.25, 0.3) is 10.9 Å². The third kappa shape index (κ3) is 4.42. The number of aryl methyl sites for hydroxylation is 1. The molecule has 1 aliphatic heterocycles. The Kier molecular flexibility index (Phi) is 6.20. The van der Waals surface area contributed by atoms with Gasteiger partial charge in [0.25, 0.3) is 0 Å². The van der Waals surface area contributed by atoms with Crippen LogP contribution >= 0.6 is 0 Å². The first kappa shape index (κ1) is 20.6. The summed E-state index contributed by atoms with van der Waals surface area (Å²) in [4.78, 5) is 12.8. The second-order valence-corrected chi connectivity index (χ2v) is 9.64. The number of sulfonamides is 1. The van der Waals surface area contributed by atoms with Gasteiger partial charge in [-0.05, 0) is 48.9 Å². The molecule has 1 saturated heterocycles. The van der Waals surface area contributed by atoms with E-state index in [0.29, 0.717) is 37.4 Å². The van der Waals surface area contributed by atoms with Crippen LogP contribution in [-0.2, 0) is 21.4 Å². The summed E-state index contributed by atoms with van der Waals surface area (Å²) in [5.41, 5.74) is 1.20. The highest BCUT2D eigenvalue weighted by molar-refractivity contribution is 7.89. The molecule has 30 heavy (non-hydrogen) atoms. The van der Waals surface area contributed by atoms with Gasteiger partial charge in [-0.2, -0.15) is 4.31 Å². The molecule has 7 heteroatoms.